The van der Waals surface area contributed by atoms with Gasteiger partial charge in [0.2, 0.25) is 5.91 Å². The SMILES string of the molecule is COc1ccc2cc([C@H](C)C(=O)N3C[C@@H]4CCC[C@@]4(C(=O)O)C3)ccc2c1. The number of fused-ring (bicyclic) bond motifs is 2. The standard InChI is InChI=1S/C22H25NO4/c1-14(15-5-6-17-11-19(27-2)8-7-16(17)10-15)20(24)23-12-18-4-3-9-22(18,13-23)21(25)26/h5-8,10-11,14,18H,3-4,9,12-13H2,1-2H3,(H,25,26)/t14-,18-,22+/m0/s1. The molecule has 0 unspecified atom stereocenters. The Hall–Kier alpha value is -2.56. The molecule has 142 valence electrons. The van der Waals surface area contributed by atoms with Gasteiger partial charge >= 0.3 is 5.97 Å². The monoisotopic (exact) mass is 367 g/mol. The fourth-order valence-corrected chi connectivity index (χ4v) is 4.86. The molecule has 0 bridgehead atoms. The Balaban J connectivity index is 1.56. The van der Waals surface area contributed by atoms with Crippen molar-refractivity contribution >= 4 is 22.6 Å². The van der Waals surface area contributed by atoms with Gasteiger partial charge in [-0.1, -0.05) is 30.7 Å². The molecule has 1 amide bonds. The van der Waals surface area contributed by atoms with Crippen LogP contribution in [-0.2, 0) is 9.59 Å². The first-order chi connectivity index (χ1) is 12.9. The number of hydrogen-bond donors (Lipinski definition) is 1. The summed E-state index contributed by atoms with van der Waals surface area (Å²) in [7, 11) is 1.64. The third-order valence-electron chi connectivity index (χ3n) is 6.55. The second-order valence-corrected chi connectivity index (χ2v) is 7.96. The van der Waals surface area contributed by atoms with E-state index in [0.29, 0.717) is 19.5 Å². The predicted molar refractivity (Wildman–Crippen MR) is 103 cm³/mol. The Morgan fingerprint density at radius 3 is 2.67 bits per heavy atom. The van der Waals surface area contributed by atoms with E-state index in [1.54, 1.807) is 12.0 Å². The van der Waals surface area contributed by atoms with Gasteiger partial charge < -0.3 is 14.7 Å². The van der Waals surface area contributed by atoms with E-state index in [1.807, 2.05) is 43.3 Å². The van der Waals surface area contributed by atoms with Crippen molar-refractivity contribution in [3.8, 4) is 5.75 Å². The smallest absolute Gasteiger partial charge is 0.311 e. The zero-order chi connectivity index (χ0) is 19.2. The third kappa shape index (κ3) is 2.85. The van der Waals surface area contributed by atoms with E-state index in [1.165, 1.54) is 0 Å². The zero-order valence-electron chi connectivity index (χ0n) is 15.8. The number of benzene rings is 2. The van der Waals surface area contributed by atoms with Crippen molar-refractivity contribution in [2.75, 3.05) is 20.2 Å². The number of nitrogens with zero attached hydrogens (tertiary/aromatic N) is 1. The van der Waals surface area contributed by atoms with Gasteiger partial charge in [-0.25, -0.2) is 0 Å². The van der Waals surface area contributed by atoms with E-state index < -0.39 is 11.4 Å². The molecule has 1 saturated carbocycles. The van der Waals surface area contributed by atoms with Crippen LogP contribution in [0.1, 0.15) is 37.7 Å². The predicted octanol–water partition coefficient (Wildman–Crippen LogP) is 3.67. The molecule has 2 fully saturated rings. The molecule has 1 saturated heterocycles. The van der Waals surface area contributed by atoms with E-state index in [-0.39, 0.29) is 17.7 Å². The summed E-state index contributed by atoms with van der Waals surface area (Å²) in [5, 5.41) is 11.9. The van der Waals surface area contributed by atoms with Crippen LogP contribution in [0.25, 0.3) is 10.8 Å². The minimum atomic E-state index is -0.743. The largest absolute Gasteiger partial charge is 0.497 e. The van der Waals surface area contributed by atoms with E-state index in [2.05, 4.69) is 0 Å². The Bertz CT molecular complexity index is 908. The lowest BCUT2D eigenvalue weighted by atomic mass is 9.81. The molecule has 0 radical (unpaired) electrons. The molecule has 1 N–H and O–H groups in total. The summed E-state index contributed by atoms with van der Waals surface area (Å²) in [6, 6.07) is 11.9. The number of carbonyl (C=O) groups excluding carboxylic acids is 1. The van der Waals surface area contributed by atoms with Gasteiger partial charge in [-0.3, -0.25) is 9.59 Å². The third-order valence-corrected chi connectivity index (χ3v) is 6.55. The van der Waals surface area contributed by atoms with Crippen LogP contribution in [0.3, 0.4) is 0 Å². The number of carbonyl (C=O) groups is 2. The first kappa shape index (κ1) is 17.8. The molecule has 0 spiro atoms. The van der Waals surface area contributed by atoms with Crippen LogP contribution in [0, 0.1) is 11.3 Å². The maximum atomic E-state index is 13.1. The summed E-state index contributed by atoms with van der Waals surface area (Å²) in [5.41, 5.74) is 0.231. The van der Waals surface area contributed by atoms with Crippen LogP contribution in [0.15, 0.2) is 36.4 Å². The molecule has 2 aromatic carbocycles. The average molecular weight is 367 g/mol. The van der Waals surface area contributed by atoms with Crippen molar-refractivity contribution in [3.05, 3.63) is 42.0 Å². The highest BCUT2D eigenvalue weighted by molar-refractivity contribution is 5.89. The van der Waals surface area contributed by atoms with E-state index in [0.717, 1.165) is 34.9 Å². The normalized spacial score (nSPS) is 25.4. The van der Waals surface area contributed by atoms with Crippen molar-refractivity contribution < 1.29 is 19.4 Å². The van der Waals surface area contributed by atoms with Gasteiger partial charge in [0.05, 0.1) is 18.4 Å². The van der Waals surface area contributed by atoms with E-state index in [9.17, 15) is 14.7 Å². The summed E-state index contributed by atoms with van der Waals surface area (Å²) >= 11 is 0. The minimum absolute atomic E-state index is 0.0258. The molecule has 4 rings (SSSR count). The highest BCUT2D eigenvalue weighted by Crippen LogP contribution is 2.49. The molecule has 27 heavy (non-hydrogen) atoms. The second kappa shape index (κ2) is 6.55. The summed E-state index contributed by atoms with van der Waals surface area (Å²) in [4.78, 5) is 26.7. The molecule has 1 aliphatic carbocycles. The van der Waals surface area contributed by atoms with Crippen molar-refractivity contribution in [1.29, 1.82) is 0 Å². The quantitative estimate of drug-likeness (QED) is 0.895. The molecular weight excluding hydrogens is 342 g/mol. The summed E-state index contributed by atoms with van der Waals surface area (Å²) in [6.45, 7) is 2.83. The number of likely N-dealkylation sites (tertiary alicyclic amines) is 1. The van der Waals surface area contributed by atoms with Crippen LogP contribution >= 0.6 is 0 Å². The molecule has 3 atom stereocenters. The lowest BCUT2D eigenvalue weighted by Gasteiger charge is -2.25. The topological polar surface area (TPSA) is 66.8 Å². The molecule has 1 heterocycles. The van der Waals surface area contributed by atoms with Crippen LogP contribution in [0.4, 0.5) is 0 Å². The number of amides is 1. The maximum absolute atomic E-state index is 13.1. The van der Waals surface area contributed by atoms with Crippen molar-refractivity contribution in [2.24, 2.45) is 11.3 Å². The lowest BCUT2D eigenvalue weighted by Crippen LogP contribution is -2.38. The highest BCUT2D eigenvalue weighted by Gasteiger charge is 2.56. The van der Waals surface area contributed by atoms with Gasteiger partial charge in [0.25, 0.3) is 0 Å². The van der Waals surface area contributed by atoms with Crippen molar-refractivity contribution in [1.82, 2.24) is 4.90 Å². The zero-order valence-corrected chi connectivity index (χ0v) is 15.8. The van der Waals surface area contributed by atoms with Gasteiger partial charge in [0.15, 0.2) is 0 Å². The number of methoxy groups -OCH3 is 1. The van der Waals surface area contributed by atoms with E-state index in [4.69, 9.17) is 4.74 Å². The number of carboxylic acid groups (broad SMARTS) is 1. The first-order valence-electron chi connectivity index (χ1n) is 9.54. The van der Waals surface area contributed by atoms with Gasteiger partial charge in [-0.05, 0) is 54.2 Å². The molecular formula is C22H25NO4. The number of ether oxygens (including phenoxy) is 1. The molecule has 0 aromatic heterocycles. The molecule has 5 heteroatoms. The molecule has 5 nitrogen and oxygen atoms in total. The summed E-state index contributed by atoms with van der Waals surface area (Å²) < 4.78 is 5.26. The Labute approximate surface area is 158 Å². The number of hydrogen-bond acceptors (Lipinski definition) is 3. The number of carboxylic acids is 1. The Morgan fingerprint density at radius 2 is 1.96 bits per heavy atom. The maximum Gasteiger partial charge on any atom is 0.311 e. The van der Waals surface area contributed by atoms with Crippen LogP contribution < -0.4 is 4.74 Å². The van der Waals surface area contributed by atoms with Gasteiger partial charge in [0.1, 0.15) is 5.75 Å². The lowest BCUT2D eigenvalue weighted by molar-refractivity contribution is -0.149. The van der Waals surface area contributed by atoms with Crippen LogP contribution in [0.5, 0.6) is 5.75 Å². The molecule has 2 aromatic rings. The summed E-state index contributed by atoms with van der Waals surface area (Å²) in [6.07, 6.45) is 2.54. The fourth-order valence-electron chi connectivity index (χ4n) is 4.86. The number of aliphatic carboxylic acids is 1. The van der Waals surface area contributed by atoms with Crippen LogP contribution in [-0.4, -0.2) is 42.1 Å². The second-order valence-electron chi connectivity index (χ2n) is 7.96. The Kier molecular flexibility index (Phi) is 4.33. The first-order valence-corrected chi connectivity index (χ1v) is 9.54. The molecule has 2 aliphatic rings. The minimum Gasteiger partial charge on any atom is -0.497 e. The van der Waals surface area contributed by atoms with Crippen LogP contribution in [0.2, 0.25) is 0 Å². The fraction of sp³-hybridized carbons (Fsp3) is 0.455. The van der Waals surface area contributed by atoms with Gasteiger partial charge in [-0.15, -0.1) is 0 Å². The number of rotatable bonds is 4. The average Bonchev–Trinajstić information content (AvgIpc) is 3.24. The van der Waals surface area contributed by atoms with Gasteiger partial charge in [-0.2, -0.15) is 0 Å². The highest BCUT2D eigenvalue weighted by atomic mass is 16.5. The summed E-state index contributed by atoms with van der Waals surface area (Å²) in [5.74, 6) is -0.108. The van der Waals surface area contributed by atoms with Crippen molar-refractivity contribution in [3.63, 3.8) is 0 Å². The molecule has 1 aliphatic heterocycles. The van der Waals surface area contributed by atoms with Gasteiger partial charge in [0, 0.05) is 13.1 Å². The van der Waals surface area contributed by atoms with E-state index >= 15 is 0 Å². The van der Waals surface area contributed by atoms with Crippen molar-refractivity contribution in [2.45, 2.75) is 32.1 Å². The Morgan fingerprint density at radius 1 is 1.22 bits per heavy atom.